The molecule has 100 valence electrons. The van der Waals surface area contributed by atoms with Gasteiger partial charge in [-0.3, -0.25) is 14.9 Å². The summed E-state index contributed by atoms with van der Waals surface area (Å²) in [6.07, 6.45) is 2.74. The Morgan fingerprint density at radius 2 is 2.05 bits per heavy atom. The minimum atomic E-state index is -0.370. The summed E-state index contributed by atoms with van der Waals surface area (Å²) in [7, 11) is 0. The molecule has 0 saturated carbocycles. The average molecular weight is 351 g/mol. The fourth-order valence-electron chi connectivity index (χ4n) is 1.85. The summed E-state index contributed by atoms with van der Waals surface area (Å²) in [6.45, 7) is 0. The lowest BCUT2D eigenvalue weighted by Gasteiger charge is -2.00. The molecule has 20 heavy (non-hydrogen) atoms. The topological polar surface area (TPSA) is 71.3 Å². The first-order valence-corrected chi connectivity index (χ1v) is 6.80. The maximum atomic E-state index is 12.3. The largest absolute Gasteiger partial charge is 0.463 e. The van der Waals surface area contributed by atoms with Crippen molar-refractivity contribution in [3.63, 3.8) is 0 Å². The van der Waals surface area contributed by atoms with Crippen molar-refractivity contribution in [1.29, 1.82) is 0 Å². The smallest absolute Gasteiger partial charge is 0.273 e. The quantitative estimate of drug-likeness (QED) is 0.607. The molecular weight excluding hydrogens is 344 g/mol. The fraction of sp³-hybridized carbons (Fsp3) is 0. The highest BCUT2D eigenvalue weighted by Gasteiger charge is 2.20. The van der Waals surface area contributed by atoms with E-state index in [-0.39, 0.29) is 27.7 Å². The van der Waals surface area contributed by atoms with E-state index in [9.17, 15) is 9.59 Å². The summed E-state index contributed by atoms with van der Waals surface area (Å²) in [5.74, 6) is -0.370. The molecule has 1 fully saturated rings. The van der Waals surface area contributed by atoms with Crippen LogP contribution < -0.4 is 16.1 Å². The molecule has 0 spiro atoms. The van der Waals surface area contributed by atoms with Gasteiger partial charge in [-0.2, -0.15) is 0 Å². The van der Waals surface area contributed by atoms with Gasteiger partial charge in [0.25, 0.3) is 5.91 Å². The zero-order chi connectivity index (χ0) is 14.3. The lowest BCUT2D eigenvalue weighted by Crippen LogP contribution is -2.21. The molecule has 7 heteroatoms. The van der Waals surface area contributed by atoms with Crippen LogP contribution in [0.1, 0.15) is 5.56 Å². The normalized spacial score (nSPS) is 16.6. The lowest BCUT2D eigenvalue weighted by atomic mass is 10.1. The number of benzene rings is 1. The summed E-state index contributed by atoms with van der Waals surface area (Å²) >= 11 is 8.13. The van der Waals surface area contributed by atoms with E-state index >= 15 is 0 Å². The van der Waals surface area contributed by atoms with Gasteiger partial charge in [-0.05, 0) is 36.5 Å². The molecule has 0 radical (unpaired) electrons. The highest BCUT2D eigenvalue weighted by molar-refractivity contribution is 9.10. The molecule has 2 heterocycles. The van der Waals surface area contributed by atoms with Crippen molar-refractivity contribution in [3.8, 4) is 0 Å². The van der Waals surface area contributed by atoms with Gasteiger partial charge in [-0.1, -0.05) is 15.9 Å². The third-order valence-electron chi connectivity index (χ3n) is 2.78. The van der Waals surface area contributed by atoms with Crippen molar-refractivity contribution in [1.82, 2.24) is 10.6 Å². The Labute approximate surface area is 126 Å². The van der Waals surface area contributed by atoms with Crippen LogP contribution >= 0.6 is 28.1 Å². The second kappa shape index (κ2) is 4.84. The molecule has 1 amide bonds. The van der Waals surface area contributed by atoms with Gasteiger partial charge in [0.15, 0.2) is 10.5 Å². The molecule has 5 nitrogen and oxygen atoms in total. The van der Waals surface area contributed by atoms with E-state index in [4.69, 9.17) is 16.6 Å². The third-order valence-corrected chi connectivity index (χ3v) is 3.48. The second-order valence-electron chi connectivity index (χ2n) is 4.13. The monoisotopic (exact) mass is 350 g/mol. The standard InChI is InChI=1S/C13H7BrN2O3S/c14-7-1-2-8-10(4-7)19-5-6(11(8)17)3-9-12(18)16-13(20)15-9/h1-5H,(H2,15,16,18,20)/b9-3-. The van der Waals surface area contributed by atoms with E-state index in [1.807, 2.05) is 0 Å². The fourth-order valence-corrected chi connectivity index (χ4v) is 2.40. The number of hydrogen-bond acceptors (Lipinski definition) is 4. The number of nitrogens with one attached hydrogen (secondary N) is 2. The van der Waals surface area contributed by atoms with Crippen LogP contribution in [0.15, 0.2) is 43.8 Å². The zero-order valence-corrected chi connectivity index (χ0v) is 12.3. The number of halogens is 1. The molecule has 2 aromatic rings. The zero-order valence-electron chi connectivity index (χ0n) is 9.90. The van der Waals surface area contributed by atoms with Crippen LogP contribution in [0.5, 0.6) is 0 Å². The molecule has 0 aliphatic carbocycles. The van der Waals surface area contributed by atoms with Crippen LogP contribution in [0.3, 0.4) is 0 Å². The molecule has 1 aromatic heterocycles. The van der Waals surface area contributed by atoms with E-state index in [1.54, 1.807) is 18.2 Å². The maximum Gasteiger partial charge on any atom is 0.273 e. The highest BCUT2D eigenvalue weighted by atomic mass is 79.9. The van der Waals surface area contributed by atoms with Gasteiger partial charge in [-0.25, -0.2) is 0 Å². The van der Waals surface area contributed by atoms with Crippen molar-refractivity contribution >= 4 is 56.2 Å². The van der Waals surface area contributed by atoms with Gasteiger partial charge >= 0.3 is 0 Å². The molecule has 1 saturated heterocycles. The van der Waals surface area contributed by atoms with E-state index in [1.165, 1.54) is 12.3 Å². The van der Waals surface area contributed by atoms with Crippen molar-refractivity contribution < 1.29 is 9.21 Å². The molecule has 3 rings (SSSR count). The first kappa shape index (κ1) is 13.0. The first-order chi connectivity index (χ1) is 9.54. The van der Waals surface area contributed by atoms with Gasteiger partial charge < -0.3 is 9.73 Å². The predicted octanol–water partition coefficient (Wildman–Crippen LogP) is 1.90. The summed E-state index contributed by atoms with van der Waals surface area (Å²) in [5.41, 5.74) is 0.769. The molecule has 0 unspecified atom stereocenters. The molecule has 1 aromatic carbocycles. The highest BCUT2D eigenvalue weighted by Crippen LogP contribution is 2.18. The molecule has 0 bridgehead atoms. The molecule has 0 atom stereocenters. The molecule has 2 N–H and O–H groups in total. The number of carbonyl (C=O) groups excluding carboxylic acids is 1. The van der Waals surface area contributed by atoms with Crippen LogP contribution in [-0.4, -0.2) is 11.0 Å². The van der Waals surface area contributed by atoms with Crippen LogP contribution in [0.4, 0.5) is 0 Å². The van der Waals surface area contributed by atoms with Crippen molar-refractivity contribution in [2.75, 3.05) is 0 Å². The Kier molecular flexibility index (Phi) is 3.15. The number of carbonyl (C=O) groups is 1. The number of amides is 1. The van der Waals surface area contributed by atoms with Gasteiger partial charge in [0.2, 0.25) is 0 Å². The van der Waals surface area contributed by atoms with Gasteiger partial charge in [-0.15, -0.1) is 0 Å². The van der Waals surface area contributed by atoms with E-state index in [2.05, 4.69) is 26.6 Å². The Morgan fingerprint density at radius 3 is 2.75 bits per heavy atom. The number of fused-ring (bicyclic) bond motifs is 1. The number of thiocarbonyl (C=S) groups is 1. The molecule has 1 aliphatic heterocycles. The van der Waals surface area contributed by atoms with Crippen molar-refractivity contribution in [3.05, 3.63) is 50.4 Å². The number of hydrogen-bond donors (Lipinski definition) is 2. The lowest BCUT2D eigenvalue weighted by molar-refractivity contribution is -0.115. The van der Waals surface area contributed by atoms with E-state index in [0.717, 1.165) is 4.47 Å². The molecular formula is C13H7BrN2O3S. The predicted molar refractivity (Wildman–Crippen MR) is 82.0 cm³/mol. The number of rotatable bonds is 1. The summed E-state index contributed by atoms with van der Waals surface area (Å²) in [4.78, 5) is 23.8. The third kappa shape index (κ3) is 2.25. The molecule has 1 aliphatic rings. The Hall–Kier alpha value is -1.99. The van der Waals surface area contributed by atoms with E-state index < -0.39 is 0 Å². The van der Waals surface area contributed by atoms with Crippen molar-refractivity contribution in [2.45, 2.75) is 0 Å². The summed E-state index contributed by atoms with van der Waals surface area (Å²) < 4.78 is 6.23. The minimum absolute atomic E-state index is 0.210. The minimum Gasteiger partial charge on any atom is -0.463 e. The Bertz CT molecular complexity index is 841. The Balaban J connectivity index is 2.14. The first-order valence-electron chi connectivity index (χ1n) is 5.60. The average Bonchev–Trinajstić information content (AvgIpc) is 2.71. The SMILES string of the molecule is O=C1NC(=S)N/C1=C\c1coc2cc(Br)ccc2c1=O. The Morgan fingerprint density at radius 1 is 1.25 bits per heavy atom. The van der Waals surface area contributed by atoms with Crippen LogP contribution in [0.2, 0.25) is 0 Å². The van der Waals surface area contributed by atoms with E-state index in [0.29, 0.717) is 11.0 Å². The van der Waals surface area contributed by atoms with Crippen molar-refractivity contribution in [2.24, 2.45) is 0 Å². The summed E-state index contributed by atoms with van der Waals surface area (Å²) in [6, 6.07) is 5.13. The second-order valence-corrected chi connectivity index (χ2v) is 5.45. The van der Waals surface area contributed by atoms with Crippen LogP contribution in [-0.2, 0) is 4.79 Å². The maximum absolute atomic E-state index is 12.3. The van der Waals surface area contributed by atoms with Gasteiger partial charge in [0, 0.05) is 4.47 Å². The van der Waals surface area contributed by atoms with Crippen LogP contribution in [0.25, 0.3) is 17.0 Å². The van der Waals surface area contributed by atoms with Gasteiger partial charge in [0.05, 0.1) is 10.9 Å². The summed E-state index contributed by atoms with van der Waals surface area (Å²) in [5, 5.41) is 5.77. The van der Waals surface area contributed by atoms with Crippen LogP contribution in [0, 0.1) is 0 Å². The van der Waals surface area contributed by atoms with Gasteiger partial charge in [0.1, 0.15) is 17.5 Å².